The number of hydrogen-bond acceptors (Lipinski definition) is 5. The largest absolute Gasteiger partial charge is 0.379 e. The van der Waals surface area contributed by atoms with E-state index in [1.807, 2.05) is 32.7 Å². The average molecular weight is 466 g/mol. The zero-order valence-corrected chi connectivity index (χ0v) is 22.3. The lowest BCUT2D eigenvalue weighted by molar-refractivity contribution is -0.134. The van der Waals surface area contributed by atoms with Gasteiger partial charge in [-0.25, -0.2) is 0 Å². The van der Waals surface area contributed by atoms with Gasteiger partial charge in [-0.15, -0.1) is 0 Å². The summed E-state index contributed by atoms with van der Waals surface area (Å²) >= 11 is 0. The maximum atomic E-state index is 12.2. The third-order valence-electron chi connectivity index (χ3n) is 5.28. The van der Waals surface area contributed by atoms with E-state index in [9.17, 15) is 4.79 Å². The second kappa shape index (κ2) is 22.3. The third kappa shape index (κ3) is 15.9. The number of ether oxygens (including phenoxy) is 2. The van der Waals surface area contributed by atoms with E-state index in [0.717, 1.165) is 39.3 Å². The minimum Gasteiger partial charge on any atom is -0.379 e. The number of nitrogens with one attached hydrogen (secondary N) is 1. The Morgan fingerprint density at radius 3 is 1.97 bits per heavy atom. The second-order valence-electron chi connectivity index (χ2n) is 7.92. The lowest BCUT2D eigenvalue weighted by Gasteiger charge is -2.34. The highest BCUT2D eigenvalue weighted by molar-refractivity contribution is 5.76. The van der Waals surface area contributed by atoms with Crippen molar-refractivity contribution in [2.24, 2.45) is 0 Å². The van der Waals surface area contributed by atoms with Crippen LogP contribution in [-0.4, -0.2) is 75.4 Å². The molecular formula is C27H51N3O3. The molecule has 0 spiro atoms. The molecule has 6 heteroatoms. The summed E-state index contributed by atoms with van der Waals surface area (Å²) in [5, 5.41) is 3.16. The van der Waals surface area contributed by atoms with E-state index >= 15 is 0 Å². The minimum absolute atomic E-state index is 0.192. The Kier molecular flexibility index (Phi) is 21.3. The SMILES string of the molecule is CC.CCCCC.CCOCCOCCC(=O)N1CCN(Cc2ccc(CNC)cc2)CC1. The molecule has 0 aromatic heterocycles. The summed E-state index contributed by atoms with van der Waals surface area (Å²) in [7, 11) is 1.96. The average Bonchev–Trinajstić information content (AvgIpc) is 2.85. The van der Waals surface area contributed by atoms with Crippen molar-refractivity contribution in [1.82, 2.24) is 15.1 Å². The molecule has 0 aliphatic carbocycles. The zero-order valence-electron chi connectivity index (χ0n) is 22.3. The lowest BCUT2D eigenvalue weighted by Crippen LogP contribution is -2.48. The van der Waals surface area contributed by atoms with Crippen LogP contribution in [0.1, 0.15) is 71.4 Å². The number of piperazine rings is 1. The summed E-state index contributed by atoms with van der Waals surface area (Å²) < 4.78 is 10.6. The van der Waals surface area contributed by atoms with Crippen LogP contribution in [0.3, 0.4) is 0 Å². The molecule has 0 bridgehead atoms. The van der Waals surface area contributed by atoms with E-state index in [0.29, 0.717) is 32.8 Å². The van der Waals surface area contributed by atoms with E-state index in [2.05, 4.69) is 48.3 Å². The predicted molar refractivity (Wildman–Crippen MR) is 140 cm³/mol. The maximum Gasteiger partial charge on any atom is 0.224 e. The number of rotatable bonds is 13. The molecule has 1 heterocycles. The fraction of sp³-hybridized carbons (Fsp3) is 0.741. The van der Waals surface area contributed by atoms with Gasteiger partial charge in [-0.05, 0) is 25.1 Å². The molecule has 33 heavy (non-hydrogen) atoms. The van der Waals surface area contributed by atoms with Gasteiger partial charge in [0.2, 0.25) is 5.91 Å². The van der Waals surface area contributed by atoms with Crippen molar-refractivity contribution in [2.45, 2.75) is 73.4 Å². The quantitative estimate of drug-likeness (QED) is 0.427. The molecule has 192 valence electrons. The molecule has 2 rings (SSSR count). The summed E-state index contributed by atoms with van der Waals surface area (Å²) in [5.74, 6) is 0.192. The fourth-order valence-electron chi connectivity index (χ4n) is 3.42. The molecule has 1 aliphatic heterocycles. The Labute approximate surface area is 204 Å². The smallest absolute Gasteiger partial charge is 0.224 e. The number of benzene rings is 1. The van der Waals surface area contributed by atoms with Gasteiger partial charge in [0.15, 0.2) is 0 Å². The molecule has 0 atom stereocenters. The van der Waals surface area contributed by atoms with Crippen molar-refractivity contribution in [2.75, 3.05) is 59.7 Å². The van der Waals surface area contributed by atoms with E-state index in [-0.39, 0.29) is 5.91 Å². The van der Waals surface area contributed by atoms with Gasteiger partial charge in [0, 0.05) is 45.9 Å². The number of amides is 1. The van der Waals surface area contributed by atoms with Gasteiger partial charge < -0.3 is 19.7 Å². The van der Waals surface area contributed by atoms with Crippen LogP contribution < -0.4 is 5.32 Å². The highest BCUT2D eigenvalue weighted by atomic mass is 16.5. The zero-order chi connectivity index (χ0) is 24.7. The van der Waals surface area contributed by atoms with Crippen LogP contribution in [0.4, 0.5) is 0 Å². The first-order chi connectivity index (χ1) is 16.1. The molecule has 1 aromatic rings. The monoisotopic (exact) mass is 465 g/mol. The Balaban J connectivity index is 0.00000129. The van der Waals surface area contributed by atoms with Gasteiger partial charge >= 0.3 is 0 Å². The van der Waals surface area contributed by atoms with Crippen LogP contribution in [0.5, 0.6) is 0 Å². The minimum atomic E-state index is 0.192. The Hall–Kier alpha value is -1.47. The molecule has 1 aromatic carbocycles. The van der Waals surface area contributed by atoms with Gasteiger partial charge in [0.1, 0.15) is 0 Å². The summed E-state index contributed by atoms with van der Waals surface area (Å²) in [4.78, 5) is 16.6. The highest BCUT2D eigenvalue weighted by Crippen LogP contribution is 2.11. The molecule has 1 fully saturated rings. The third-order valence-corrected chi connectivity index (χ3v) is 5.28. The summed E-state index contributed by atoms with van der Waals surface area (Å²) in [6.07, 6.45) is 4.53. The van der Waals surface area contributed by atoms with Gasteiger partial charge in [-0.2, -0.15) is 0 Å². The molecule has 0 saturated carbocycles. The van der Waals surface area contributed by atoms with Crippen molar-refractivity contribution in [3.8, 4) is 0 Å². The fourth-order valence-corrected chi connectivity index (χ4v) is 3.42. The Morgan fingerprint density at radius 2 is 1.45 bits per heavy atom. The molecule has 1 saturated heterocycles. The summed E-state index contributed by atoms with van der Waals surface area (Å²) in [6.45, 7) is 18.0. The lowest BCUT2D eigenvalue weighted by atomic mass is 10.1. The van der Waals surface area contributed by atoms with E-state index in [4.69, 9.17) is 9.47 Å². The van der Waals surface area contributed by atoms with Crippen molar-refractivity contribution in [1.29, 1.82) is 0 Å². The van der Waals surface area contributed by atoms with Gasteiger partial charge in [0.05, 0.1) is 26.2 Å². The standard InChI is InChI=1S/C20H33N3O3.C5H12.C2H6/c1-3-25-14-15-26-13-8-20(24)23-11-9-22(10-12-23)17-19-6-4-18(5-7-19)16-21-2;1-3-5-4-2;1-2/h4-7,21H,3,8-17H2,1-2H3;3-5H2,1-2H3;1-2H3. The van der Waals surface area contributed by atoms with E-state index in [1.165, 1.54) is 30.4 Å². The number of unbranched alkanes of at least 4 members (excludes halogenated alkanes) is 2. The van der Waals surface area contributed by atoms with E-state index in [1.54, 1.807) is 0 Å². The molecular weight excluding hydrogens is 414 g/mol. The van der Waals surface area contributed by atoms with Crippen LogP contribution in [0.25, 0.3) is 0 Å². The summed E-state index contributed by atoms with van der Waals surface area (Å²) in [5.41, 5.74) is 2.63. The number of nitrogens with zero attached hydrogens (tertiary/aromatic N) is 2. The van der Waals surface area contributed by atoms with Crippen LogP contribution in [-0.2, 0) is 27.4 Å². The molecule has 6 nitrogen and oxygen atoms in total. The second-order valence-corrected chi connectivity index (χ2v) is 7.92. The number of hydrogen-bond donors (Lipinski definition) is 1. The molecule has 0 radical (unpaired) electrons. The number of carbonyl (C=O) groups is 1. The van der Waals surface area contributed by atoms with Crippen LogP contribution >= 0.6 is 0 Å². The van der Waals surface area contributed by atoms with Crippen LogP contribution in [0, 0.1) is 0 Å². The molecule has 1 amide bonds. The topological polar surface area (TPSA) is 54.0 Å². The first-order valence-electron chi connectivity index (χ1n) is 13.0. The first kappa shape index (κ1) is 31.5. The highest BCUT2D eigenvalue weighted by Gasteiger charge is 2.20. The van der Waals surface area contributed by atoms with Crippen LogP contribution in [0.2, 0.25) is 0 Å². The Bertz CT molecular complexity index is 556. The van der Waals surface area contributed by atoms with Gasteiger partial charge in [-0.1, -0.05) is 71.2 Å². The van der Waals surface area contributed by atoms with E-state index < -0.39 is 0 Å². The normalized spacial score (nSPS) is 13.6. The maximum absolute atomic E-state index is 12.2. The van der Waals surface area contributed by atoms with Gasteiger partial charge in [0.25, 0.3) is 0 Å². The Morgan fingerprint density at radius 1 is 0.879 bits per heavy atom. The van der Waals surface area contributed by atoms with Crippen molar-refractivity contribution in [3.63, 3.8) is 0 Å². The van der Waals surface area contributed by atoms with Crippen molar-refractivity contribution in [3.05, 3.63) is 35.4 Å². The molecule has 1 N–H and O–H groups in total. The first-order valence-corrected chi connectivity index (χ1v) is 13.0. The van der Waals surface area contributed by atoms with Crippen LogP contribution in [0.15, 0.2) is 24.3 Å². The van der Waals surface area contributed by atoms with Crippen molar-refractivity contribution < 1.29 is 14.3 Å². The molecule has 1 aliphatic rings. The summed E-state index contributed by atoms with van der Waals surface area (Å²) in [6, 6.07) is 8.75. The van der Waals surface area contributed by atoms with Gasteiger partial charge in [-0.3, -0.25) is 9.69 Å². The molecule has 0 unspecified atom stereocenters. The predicted octanol–water partition coefficient (Wildman–Crippen LogP) is 4.72. The number of carbonyl (C=O) groups excluding carboxylic acids is 1. The van der Waals surface area contributed by atoms with Crippen molar-refractivity contribution >= 4 is 5.91 Å².